The fourth-order valence-electron chi connectivity index (χ4n) is 3.32. The minimum absolute atomic E-state index is 0.0285. The van der Waals surface area contributed by atoms with Gasteiger partial charge in [0.05, 0.1) is 38.6 Å². The van der Waals surface area contributed by atoms with Crippen molar-refractivity contribution in [2.75, 3.05) is 46.1 Å². The summed E-state index contributed by atoms with van der Waals surface area (Å²) in [5, 5.41) is 13.6. The van der Waals surface area contributed by atoms with Gasteiger partial charge in [-0.05, 0) is 34.1 Å². The third kappa shape index (κ3) is 9.94. The average Bonchev–Trinajstić information content (AvgIpc) is 2.85. The molecule has 3 N–H and O–H groups in total. The van der Waals surface area contributed by atoms with Crippen LogP contribution in [0.4, 0.5) is 0 Å². The Morgan fingerprint density at radius 2 is 1.44 bits per heavy atom. The van der Waals surface area contributed by atoms with Crippen LogP contribution in [0.15, 0.2) is 28.8 Å². The molecule has 13 nitrogen and oxygen atoms in total. The van der Waals surface area contributed by atoms with Crippen LogP contribution in [0.3, 0.4) is 0 Å². The highest BCUT2D eigenvalue weighted by atomic mass is 16.7. The molecule has 0 aromatic rings. The number of ether oxygens (including phenoxy) is 4. The predicted octanol–water partition coefficient (Wildman–Crippen LogP) is 0.226. The zero-order chi connectivity index (χ0) is 27.1. The van der Waals surface area contributed by atoms with E-state index in [0.717, 1.165) is 12.2 Å². The molecule has 0 radical (unpaired) electrons. The molecule has 0 bridgehead atoms. The number of carbonyl (C=O) groups excluding carboxylic acids is 4. The summed E-state index contributed by atoms with van der Waals surface area (Å²) in [5.74, 6) is -4.73. The molecule has 1 aliphatic heterocycles. The standard InChI is InChI=1S/C23H35N3O10/c1-5-32-19(28)10-17(22(30)34-7-3)26-12-15(14-27)9-16(13-26)21(24)25-36-18(23(31)35-8-4)11-20(29)33-6-2/h10-11,15-16,27H,5-9,12-14H2,1-4H3,(H2,24,25). The molecule has 1 heterocycles. The van der Waals surface area contributed by atoms with E-state index in [1.807, 2.05) is 0 Å². The van der Waals surface area contributed by atoms with Crippen LogP contribution in [0, 0.1) is 11.8 Å². The highest BCUT2D eigenvalue weighted by Crippen LogP contribution is 2.26. The van der Waals surface area contributed by atoms with Crippen molar-refractivity contribution >= 4 is 29.7 Å². The second-order valence-corrected chi connectivity index (χ2v) is 7.48. The van der Waals surface area contributed by atoms with Crippen molar-refractivity contribution in [1.29, 1.82) is 0 Å². The second kappa shape index (κ2) is 16.1. The molecule has 36 heavy (non-hydrogen) atoms. The number of amidine groups is 1. The van der Waals surface area contributed by atoms with Gasteiger partial charge in [0.25, 0.3) is 0 Å². The van der Waals surface area contributed by atoms with E-state index >= 15 is 0 Å². The average molecular weight is 514 g/mol. The summed E-state index contributed by atoms with van der Waals surface area (Å²) in [4.78, 5) is 55.2. The Balaban J connectivity index is 3.21. The Morgan fingerprint density at radius 1 is 0.889 bits per heavy atom. The van der Waals surface area contributed by atoms with E-state index in [0.29, 0.717) is 6.42 Å². The maximum atomic E-state index is 12.6. The van der Waals surface area contributed by atoms with Crippen molar-refractivity contribution in [3.63, 3.8) is 0 Å². The number of esters is 4. The SMILES string of the molecule is CCOC(=O)C=C(ON=C(N)C1CC(CO)CN(C(=CC(=O)OCC)C(=O)OCC)C1)C(=O)OCC. The quantitative estimate of drug-likeness (QED) is 0.0653. The highest BCUT2D eigenvalue weighted by Gasteiger charge is 2.33. The Labute approximate surface area is 209 Å². The fourth-order valence-corrected chi connectivity index (χ4v) is 3.32. The molecule has 0 spiro atoms. The summed E-state index contributed by atoms with van der Waals surface area (Å²) in [5.41, 5.74) is 6.06. The Bertz CT molecular complexity index is 868. The summed E-state index contributed by atoms with van der Waals surface area (Å²) < 4.78 is 19.6. The third-order valence-electron chi connectivity index (χ3n) is 4.84. The molecule has 1 fully saturated rings. The first kappa shape index (κ1) is 30.4. The molecule has 1 saturated heterocycles. The van der Waals surface area contributed by atoms with Gasteiger partial charge in [0, 0.05) is 31.5 Å². The van der Waals surface area contributed by atoms with Crippen LogP contribution in [0.2, 0.25) is 0 Å². The molecule has 0 aromatic carbocycles. The van der Waals surface area contributed by atoms with Crippen LogP contribution in [-0.2, 0) is 43.0 Å². The van der Waals surface area contributed by atoms with Gasteiger partial charge in [-0.15, -0.1) is 0 Å². The molecule has 0 aromatic heterocycles. The first-order valence-electron chi connectivity index (χ1n) is 11.7. The number of nitrogens with zero attached hydrogens (tertiary/aromatic N) is 2. The van der Waals surface area contributed by atoms with Crippen molar-refractivity contribution in [1.82, 2.24) is 4.90 Å². The van der Waals surface area contributed by atoms with Crippen LogP contribution in [-0.4, -0.2) is 85.8 Å². The molecule has 0 amide bonds. The molecule has 13 heteroatoms. The third-order valence-corrected chi connectivity index (χ3v) is 4.84. The highest BCUT2D eigenvalue weighted by molar-refractivity contribution is 5.96. The van der Waals surface area contributed by atoms with Crippen molar-refractivity contribution in [3.8, 4) is 0 Å². The molecule has 0 aliphatic carbocycles. The topological polar surface area (TPSA) is 176 Å². The number of hydrogen-bond acceptors (Lipinski definition) is 12. The number of nitrogens with two attached hydrogens (primary N) is 1. The zero-order valence-electron chi connectivity index (χ0n) is 21.1. The van der Waals surface area contributed by atoms with Crippen LogP contribution in [0.25, 0.3) is 0 Å². The molecule has 2 atom stereocenters. The molecule has 1 aliphatic rings. The van der Waals surface area contributed by atoms with Gasteiger partial charge in [0.2, 0.25) is 5.76 Å². The van der Waals surface area contributed by atoms with E-state index in [1.54, 1.807) is 32.6 Å². The summed E-state index contributed by atoms with van der Waals surface area (Å²) >= 11 is 0. The molecular formula is C23H35N3O10. The van der Waals surface area contributed by atoms with Crippen LogP contribution >= 0.6 is 0 Å². The van der Waals surface area contributed by atoms with E-state index in [4.69, 9.17) is 29.5 Å². The summed E-state index contributed by atoms with van der Waals surface area (Å²) in [6.45, 7) is 6.88. The number of hydrogen-bond donors (Lipinski definition) is 2. The van der Waals surface area contributed by atoms with Gasteiger partial charge in [0.15, 0.2) is 0 Å². The lowest BCUT2D eigenvalue weighted by Crippen LogP contribution is -2.47. The van der Waals surface area contributed by atoms with E-state index in [2.05, 4.69) is 5.16 Å². The van der Waals surface area contributed by atoms with Gasteiger partial charge in [-0.1, -0.05) is 5.16 Å². The smallest absolute Gasteiger partial charge is 0.377 e. The van der Waals surface area contributed by atoms with E-state index in [9.17, 15) is 24.3 Å². The van der Waals surface area contributed by atoms with E-state index in [-0.39, 0.29) is 63.6 Å². The maximum Gasteiger partial charge on any atom is 0.377 e. The normalized spacial score (nSPS) is 18.8. The Hall–Kier alpha value is -3.61. The van der Waals surface area contributed by atoms with Gasteiger partial charge >= 0.3 is 23.9 Å². The van der Waals surface area contributed by atoms with E-state index in [1.165, 1.54) is 0 Å². The van der Waals surface area contributed by atoms with Gasteiger partial charge in [-0.2, -0.15) is 0 Å². The number of aliphatic hydroxyl groups is 1. The Kier molecular flexibility index (Phi) is 13.6. The van der Waals surface area contributed by atoms with E-state index < -0.39 is 35.6 Å². The number of oxime groups is 1. The molecule has 1 rings (SSSR count). The minimum atomic E-state index is -0.942. The van der Waals surface area contributed by atoms with Crippen LogP contribution in [0.5, 0.6) is 0 Å². The van der Waals surface area contributed by atoms with Gasteiger partial charge < -0.3 is 39.5 Å². The predicted molar refractivity (Wildman–Crippen MR) is 126 cm³/mol. The molecule has 0 saturated carbocycles. The Morgan fingerprint density at radius 3 is 2.00 bits per heavy atom. The monoisotopic (exact) mass is 513 g/mol. The maximum absolute atomic E-state index is 12.6. The molecule has 2 unspecified atom stereocenters. The van der Waals surface area contributed by atoms with Crippen molar-refractivity contribution in [2.24, 2.45) is 22.7 Å². The first-order chi connectivity index (χ1) is 17.2. The van der Waals surface area contributed by atoms with Crippen molar-refractivity contribution in [2.45, 2.75) is 34.1 Å². The van der Waals surface area contributed by atoms with Gasteiger partial charge in [-0.25, -0.2) is 19.2 Å². The molecule has 202 valence electrons. The number of rotatable bonds is 13. The van der Waals surface area contributed by atoms with Gasteiger partial charge in [-0.3, -0.25) is 0 Å². The number of likely N-dealkylation sites (tertiary alicyclic amines) is 1. The lowest BCUT2D eigenvalue weighted by atomic mass is 9.88. The fraction of sp³-hybridized carbons (Fsp3) is 0.609. The number of piperidine rings is 1. The second-order valence-electron chi connectivity index (χ2n) is 7.48. The molecular weight excluding hydrogens is 478 g/mol. The van der Waals surface area contributed by atoms with Gasteiger partial charge in [0.1, 0.15) is 11.5 Å². The number of carbonyl (C=O) groups is 4. The summed E-state index contributed by atoms with van der Waals surface area (Å²) in [7, 11) is 0. The van der Waals surface area contributed by atoms with Crippen LogP contribution < -0.4 is 5.73 Å². The first-order valence-corrected chi connectivity index (χ1v) is 11.7. The lowest BCUT2D eigenvalue weighted by molar-refractivity contribution is -0.144. The lowest BCUT2D eigenvalue weighted by Gasteiger charge is -2.38. The number of aliphatic hydroxyl groups excluding tert-OH is 1. The summed E-state index contributed by atoms with van der Waals surface area (Å²) in [6.07, 6.45) is 2.20. The van der Waals surface area contributed by atoms with Crippen molar-refractivity contribution in [3.05, 3.63) is 23.6 Å². The largest absolute Gasteiger partial charge is 0.463 e. The van der Waals surface area contributed by atoms with Crippen LogP contribution in [0.1, 0.15) is 34.1 Å². The minimum Gasteiger partial charge on any atom is -0.463 e. The summed E-state index contributed by atoms with van der Waals surface area (Å²) in [6, 6.07) is 0. The van der Waals surface area contributed by atoms with Crippen molar-refractivity contribution < 1.29 is 48.1 Å². The zero-order valence-corrected chi connectivity index (χ0v) is 21.1.